The first kappa shape index (κ1) is 25.5. The first-order valence-corrected chi connectivity index (χ1v) is 11.3. The van der Waals surface area contributed by atoms with Crippen LogP contribution in [0.3, 0.4) is 0 Å². The number of aryl methyl sites for hydroxylation is 1. The van der Waals surface area contributed by atoms with E-state index in [-0.39, 0.29) is 12.1 Å². The Morgan fingerprint density at radius 2 is 1.81 bits per heavy atom. The number of methoxy groups -OCH3 is 2. The number of fused-ring (bicyclic) bond motifs is 2. The minimum Gasteiger partial charge on any atom is -0.493 e. The second-order valence-electron chi connectivity index (χ2n) is 8.93. The molecule has 0 bridgehead atoms. The molecule has 192 valence electrons. The number of rotatable bonds is 10. The number of ether oxygens (including phenoxy) is 3. The summed E-state index contributed by atoms with van der Waals surface area (Å²) < 4.78 is 46.3. The molecule has 0 radical (unpaired) electrons. The summed E-state index contributed by atoms with van der Waals surface area (Å²) in [5.74, 6) is -1.43. The summed E-state index contributed by atoms with van der Waals surface area (Å²) in [4.78, 5) is 9.03. The van der Waals surface area contributed by atoms with E-state index < -0.39 is 11.5 Å². The van der Waals surface area contributed by atoms with Crippen LogP contribution < -0.4 is 14.8 Å². The molecule has 2 aromatic carbocycles. The monoisotopic (exact) mass is 501 g/mol. The van der Waals surface area contributed by atoms with E-state index in [1.807, 2.05) is 0 Å². The van der Waals surface area contributed by atoms with Crippen molar-refractivity contribution in [2.24, 2.45) is 0 Å². The number of aromatic amines is 1. The average molecular weight is 502 g/mol. The number of H-pyrrole nitrogens is 1. The van der Waals surface area contributed by atoms with E-state index in [1.54, 1.807) is 39.5 Å². The fraction of sp³-hybridized carbons (Fsp3) is 0.400. The topological polar surface area (TPSA) is 114 Å². The number of benzene rings is 2. The molecule has 11 heteroatoms. The summed E-state index contributed by atoms with van der Waals surface area (Å²) >= 11 is 0. The van der Waals surface area contributed by atoms with Crippen LogP contribution in [-0.2, 0) is 17.2 Å². The lowest BCUT2D eigenvalue weighted by molar-refractivity contribution is -0.168. The van der Waals surface area contributed by atoms with Gasteiger partial charge < -0.3 is 24.6 Å². The van der Waals surface area contributed by atoms with Gasteiger partial charge in [-0.25, -0.2) is 9.97 Å². The van der Waals surface area contributed by atoms with Gasteiger partial charge in [0.15, 0.2) is 11.5 Å². The molecular weight excluding hydrogens is 472 g/mol. The van der Waals surface area contributed by atoms with E-state index in [0.29, 0.717) is 63.7 Å². The predicted molar refractivity (Wildman–Crippen MR) is 132 cm³/mol. The standard InChI is InChI=1S/C25H29F2N5O4/c1-14-30-19-11-21(35-5)22(36-7-6-34-4)10-17(19)23(31-14)28-12-15-8-16(25(26,27)24(2,3)33)9-20-18(15)13-29-32-20/h8-11,13,33H,6-7,12H2,1-5H3,(H,29,32)(H,28,30,31). The fourth-order valence-electron chi connectivity index (χ4n) is 3.88. The first-order valence-electron chi connectivity index (χ1n) is 11.3. The smallest absolute Gasteiger partial charge is 0.300 e. The molecule has 36 heavy (non-hydrogen) atoms. The second kappa shape index (κ2) is 9.82. The van der Waals surface area contributed by atoms with E-state index in [4.69, 9.17) is 14.2 Å². The molecule has 3 N–H and O–H groups in total. The third kappa shape index (κ3) is 4.89. The lowest BCUT2D eigenvalue weighted by atomic mass is 9.91. The van der Waals surface area contributed by atoms with Gasteiger partial charge in [-0.1, -0.05) is 0 Å². The Balaban J connectivity index is 1.73. The number of anilines is 1. The van der Waals surface area contributed by atoms with Gasteiger partial charge in [0.05, 0.1) is 30.9 Å². The van der Waals surface area contributed by atoms with Crippen LogP contribution in [0.1, 0.15) is 30.8 Å². The normalized spacial score (nSPS) is 12.3. The summed E-state index contributed by atoms with van der Waals surface area (Å²) in [5, 5.41) is 21.4. The molecule has 9 nitrogen and oxygen atoms in total. The minimum atomic E-state index is -3.48. The van der Waals surface area contributed by atoms with Crippen molar-refractivity contribution in [3.05, 3.63) is 47.4 Å². The second-order valence-corrected chi connectivity index (χ2v) is 8.93. The minimum absolute atomic E-state index is 0.170. The molecule has 2 aromatic heterocycles. The van der Waals surface area contributed by atoms with Crippen molar-refractivity contribution in [2.75, 3.05) is 32.8 Å². The van der Waals surface area contributed by atoms with Crippen molar-refractivity contribution < 1.29 is 28.1 Å². The third-order valence-corrected chi connectivity index (χ3v) is 5.86. The number of hydrogen-bond acceptors (Lipinski definition) is 8. The zero-order valence-corrected chi connectivity index (χ0v) is 20.8. The predicted octanol–water partition coefficient (Wildman–Crippen LogP) is 4.32. The molecule has 0 saturated carbocycles. The zero-order valence-electron chi connectivity index (χ0n) is 20.8. The molecule has 0 fully saturated rings. The Hall–Kier alpha value is -3.57. The zero-order chi connectivity index (χ0) is 26.1. The van der Waals surface area contributed by atoms with Crippen LogP contribution in [0.2, 0.25) is 0 Å². The van der Waals surface area contributed by atoms with Gasteiger partial charge in [0.25, 0.3) is 0 Å². The van der Waals surface area contributed by atoms with Crippen LogP contribution in [0.15, 0.2) is 30.5 Å². The van der Waals surface area contributed by atoms with Crippen LogP contribution in [0, 0.1) is 6.92 Å². The fourth-order valence-corrected chi connectivity index (χ4v) is 3.88. The molecule has 0 amide bonds. The summed E-state index contributed by atoms with van der Waals surface area (Å²) in [6.07, 6.45) is 1.58. The van der Waals surface area contributed by atoms with Gasteiger partial charge in [0, 0.05) is 36.1 Å². The highest BCUT2D eigenvalue weighted by Crippen LogP contribution is 2.40. The third-order valence-electron chi connectivity index (χ3n) is 5.86. The van der Waals surface area contributed by atoms with Gasteiger partial charge in [-0.15, -0.1) is 0 Å². The van der Waals surface area contributed by atoms with Gasteiger partial charge in [-0.3, -0.25) is 5.10 Å². The summed E-state index contributed by atoms with van der Waals surface area (Å²) in [6, 6.07) is 6.22. The summed E-state index contributed by atoms with van der Waals surface area (Å²) in [6.45, 7) is 4.83. The van der Waals surface area contributed by atoms with Gasteiger partial charge in [0.1, 0.15) is 23.9 Å². The lowest BCUT2D eigenvalue weighted by Gasteiger charge is -2.29. The largest absolute Gasteiger partial charge is 0.493 e. The highest BCUT2D eigenvalue weighted by molar-refractivity contribution is 5.92. The van der Waals surface area contributed by atoms with Gasteiger partial charge in [-0.2, -0.15) is 13.9 Å². The number of aliphatic hydroxyl groups is 1. The van der Waals surface area contributed by atoms with Crippen LogP contribution in [-0.4, -0.2) is 58.3 Å². The van der Waals surface area contributed by atoms with E-state index >= 15 is 0 Å². The van der Waals surface area contributed by atoms with Crippen molar-refractivity contribution in [3.8, 4) is 11.5 Å². The van der Waals surface area contributed by atoms with Crippen molar-refractivity contribution in [1.29, 1.82) is 0 Å². The lowest BCUT2D eigenvalue weighted by Crippen LogP contribution is -2.40. The maximum Gasteiger partial charge on any atom is 0.300 e. The Bertz CT molecular complexity index is 1380. The van der Waals surface area contributed by atoms with E-state index in [1.165, 1.54) is 12.1 Å². The molecule has 0 saturated heterocycles. The summed E-state index contributed by atoms with van der Waals surface area (Å²) in [7, 11) is 3.13. The number of nitrogens with one attached hydrogen (secondary N) is 2. The van der Waals surface area contributed by atoms with E-state index in [2.05, 4.69) is 25.5 Å². The highest BCUT2D eigenvalue weighted by atomic mass is 19.3. The van der Waals surface area contributed by atoms with Crippen molar-refractivity contribution in [2.45, 2.75) is 38.8 Å². The van der Waals surface area contributed by atoms with Crippen LogP contribution in [0.4, 0.5) is 14.6 Å². The molecule has 2 heterocycles. The van der Waals surface area contributed by atoms with Gasteiger partial charge in [-0.05, 0) is 44.5 Å². The molecule has 0 aliphatic carbocycles. The SMILES string of the molecule is COCCOc1cc2c(NCc3cc(C(F)(F)C(C)(C)O)cc4[nH]ncc34)nc(C)nc2cc1OC. The van der Waals surface area contributed by atoms with Crippen molar-refractivity contribution in [3.63, 3.8) is 0 Å². The molecule has 0 unspecified atom stereocenters. The number of nitrogens with zero attached hydrogens (tertiary/aromatic N) is 3. The molecule has 4 aromatic rings. The Kier molecular flexibility index (Phi) is 6.96. The van der Waals surface area contributed by atoms with Crippen LogP contribution in [0.5, 0.6) is 11.5 Å². The summed E-state index contributed by atoms with van der Waals surface area (Å²) in [5.41, 5.74) is -0.920. The molecule has 0 aliphatic rings. The molecule has 0 atom stereocenters. The number of aromatic nitrogens is 4. The molecular formula is C25H29F2N5O4. The average Bonchev–Trinajstić information content (AvgIpc) is 3.30. The van der Waals surface area contributed by atoms with Crippen LogP contribution in [0.25, 0.3) is 21.8 Å². The van der Waals surface area contributed by atoms with Gasteiger partial charge >= 0.3 is 5.92 Å². The Morgan fingerprint density at radius 3 is 2.50 bits per heavy atom. The van der Waals surface area contributed by atoms with Gasteiger partial charge in [0.2, 0.25) is 0 Å². The molecule has 0 aliphatic heterocycles. The van der Waals surface area contributed by atoms with E-state index in [0.717, 1.165) is 13.8 Å². The molecule has 0 spiro atoms. The van der Waals surface area contributed by atoms with Crippen molar-refractivity contribution >= 4 is 27.6 Å². The molecule has 4 rings (SSSR count). The number of hydrogen-bond donors (Lipinski definition) is 3. The quantitative estimate of drug-likeness (QED) is 0.275. The van der Waals surface area contributed by atoms with E-state index in [9.17, 15) is 13.9 Å². The first-order chi connectivity index (χ1) is 17.0. The number of halogens is 2. The highest BCUT2D eigenvalue weighted by Gasteiger charge is 2.47. The maximum absolute atomic E-state index is 15.0. The number of alkyl halides is 2. The van der Waals surface area contributed by atoms with Crippen molar-refractivity contribution in [1.82, 2.24) is 20.2 Å². The Labute approximate surface area is 206 Å². The van der Waals surface area contributed by atoms with Crippen LogP contribution >= 0.6 is 0 Å². The Morgan fingerprint density at radius 1 is 1.03 bits per heavy atom. The maximum atomic E-state index is 15.0.